The first kappa shape index (κ1) is 19.3. The van der Waals surface area contributed by atoms with E-state index in [2.05, 4.69) is 40.7 Å². The number of aliphatic hydroxyl groups is 1. The quantitative estimate of drug-likeness (QED) is 0.586. The van der Waals surface area contributed by atoms with Gasteiger partial charge in [0, 0.05) is 5.56 Å². The van der Waals surface area contributed by atoms with Crippen molar-refractivity contribution in [3.8, 4) is 0 Å². The molecule has 1 heterocycles. The van der Waals surface area contributed by atoms with Crippen molar-refractivity contribution in [2.75, 3.05) is 0 Å². The fourth-order valence-corrected chi connectivity index (χ4v) is 7.89. The van der Waals surface area contributed by atoms with Gasteiger partial charge in [0.2, 0.25) is 0 Å². The second-order valence-electron chi connectivity index (χ2n) is 11.0. The predicted molar refractivity (Wildman–Crippen MR) is 110 cm³/mol. The summed E-state index contributed by atoms with van der Waals surface area (Å²) in [6.07, 6.45) is 14.3. The second-order valence-corrected chi connectivity index (χ2v) is 11.0. The van der Waals surface area contributed by atoms with Crippen LogP contribution in [0.1, 0.15) is 91.2 Å². The lowest BCUT2D eigenvalue weighted by molar-refractivity contribution is -0.148. The molecule has 27 heavy (non-hydrogen) atoms. The molecular formula is C25H38O2. The molecule has 0 saturated heterocycles. The number of furan rings is 1. The standard InChI is InChI=1S/C25H38O2/c1-17-7-8-22-24(4,19(17)15-20(26)18-10-14-27-16-18)13-9-21-23(2,3)11-6-12-25(21,22)5/h7,10,14,16,19-22,26H,6,8-9,11-13,15H2,1-5H3/t19-,20-,21+,22+,24+,25+/m0/s1. The molecule has 6 atom stereocenters. The topological polar surface area (TPSA) is 33.4 Å². The maximum Gasteiger partial charge on any atom is 0.0960 e. The molecule has 1 aromatic rings. The Balaban J connectivity index is 1.66. The van der Waals surface area contributed by atoms with Crippen LogP contribution >= 0.6 is 0 Å². The summed E-state index contributed by atoms with van der Waals surface area (Å²) in [6, 6.07) is 1.91. The van der Waals surface area contributed by atoms with E-state index in [9.17, 15) is 5.11 Å². The van der Waals surface area contributed by atoms with Crippen LogP contribution < -0.4 is 0 Å². The van der Waals surface area contributed by atoms with E-state index in [4.69, 9.17) is 4.42 Å². The van der Waals surface area contributed by atoms with Crippen LogP contribution in [0.2, 0.25) is 0 Å². The van der Waals surface area contributed by atoms with Crippen LogP contribution in [0.15, 0.2) is 34.7 Å². The van der Waals surface area contributed by atoms with Crippen molar-refractivity contribution in [1.29, 1.82) is 0 Å². The van der Waals surface area contributed by atoms with Gasteiger partial charge in [-0.05, 0) is 85.5 Å². The summed E-state index contributed by atoms with van der Waals surface area (Å²) in [5.74, 6) is 2.03. The van der Waals surface area contributed by atoms with Crippen molar-refractivity contribution in [2.24, 2.45) is 34.0 Å². The summed E-state index contributed by atoms with van der Waals surface area (Å²) in [6.45, 7) is 12.5. The van der Waals surface area contributed by atoms with Gasteiger partial charge in [0.05, 0.1) is 18.6 Å². The maximum atomic E-state index is 10.9. The monoisotopic (exact) mass is 370 g/mol. The minimum absolute atomic E-state index is 0.294. The lowest BCUT2D eigenvalue weighted by Crippen LogP contribution is -2.57. The SMILES string of the molecule is CC1=CC[C@H]2[C@]3(C)CCCC(C)(C)[C@H]3CC[C@]2(C)[C@H]1C[C@H](O)c1ccoc1. The van der Waals surface area contributed by atoms with Gasteiger partial charge in [-0.2, -0.15) is 0 Å². The van der Waals surface area contributed by atoms with Crippen molar-refractivity contribution >= 4 is 0 Å². The van der Waals surface area contributed by atoms with Crippen LogP contribution in [0, 0.1) is 34.0 Å². The molecule has 0 aliphatic heterocycles. The molecule has 2 saturated carbocycles. The molecule has 0 amide bonds. The van der Waals surface area contributed by atoms with Crippen LogP contribution in [0.5, 0.6) is 0 Å². The van der Waals surface area contributed by atoms with Gasteiger partial charge in [-0.1, -0.05) is 45.8 Å². The Morgan fingerprint density at radius 1 is 1.11 bits per heavy atom. The molecule has 3 aliphatic rings. The van der Waals surface area contributed by atoms with E-state index in [0.717, 1.165) is 23.8 Å². The minimum atomic E-state index is -0.430. The first-order valence-corrected chi connectivity index (χ1v) is 11.1. The highest BCUT2D eigenvalue weighted by Crippen LogP contribution is 2.68. The number of hydrogen-bond acceptors (Lipinski definition) is 2. The molecule has 0 spiro atoms. The van der Waals surface area contributed by atoms with E-state index in [0.29, 0.717) is 22.2 Å². The zero-order valence-corrected chi connectivity index (χ0v) is 17.9. The Labute approximate surface area is 165 Å². The normalized spacial score (nSPS) is 42.0. The first-order valence-electron chi connectivity index (χ1n) is 11.1. The molecule has 2 fully saturated rings. The molecule has 0 radical (unpaired) electrons. The number of allylic oxidation sites excluding steroid dienone is 2. The van der Waals surface area contributed by atoms with Gasteiger partial charge >= 0.3 is 0 Å². The molecular weight excluding hydrogens is 332 g/mol. The van der Waals surface area contributed by atoms with E-state index < -0.39 is 6.10 Å². The number of aliphatic hydroxyl groups excluding tert-OH is 1. The molecule has 2 nitrogen and oxygen atoms in total. The van der Waals surface area contributed by atoms with E-state index >= 15 is 0 Å². The highest BCUT2D eigenvalue weighted by Gasteiger charge is 2.60. The molecule has 2 heteroatoms. The van der Waals surface area contributed by atoms with Crippen LogP contribution in [-0.2, 0) is 0 Å². The van der Waals surface area contributed by atoms with Crippen LogP contribution in [0.4, 0.5) is 0 Å². The molecule has 0 aromatic carbocycles. The van der Waals surface area contributed by atoms with Crippen molar-refractivity contribution < 1.29 is 9.52 Å². The Morgan fingerprint density at radius 3 is 2.59 bits per heavy atom. The van der Waals surface area contributed by atoms with Crippen molar-refractivity contribution in [3.05, 3.63) is 35.8 Å². The fourth-order valence-electron chi connectivity index (χ4n) is 7.89. The predicted octanol–water partition coefficient (Wildman–Crippen LogP) is 6.92. The third-order valence-corrected chi connectivity index (χ3v) is 9.25. The van der Waals surface area contributed by atoms with Crippen molar-refractivity contribution in [2.45, 2.75) is 85.7 Å². The lowest BCUT2D eigenvalue weighted by Gasteiger charge is -2.65. The Bertz CT molecular complexity index is 700. The van der Waals surface area contributed by atoms with E-state index in [1.54, 1.807) is 12.5 Å². The Hall–Kier alpha value is -1.02. The summed E-state index contributed by atoms with van der Waals surface area (Å²) in [7, 11) is 0. The minimum Gasteiger partial charge on any atom is -0.472 e. The first-order chi connectivity index (χ1) is 12.7. The van der Waals surface area contributed by atoms with Crippen LogP contribution in [0.3, 0.4) is 0 Å². The van der Waals surface area contributed by atoms with Gasteiger partial charge in [-0.3, -0.25) is 0 Å². The van der Waals surface area contributed by atoms with Crippen molar-refractivity contribution in [3.63, 3.8) is 0 Å². The van der Waals surface area contributed by atoms with Crippen LogP contribution in [0.25, 0.3) is 0 Å². The second kappa shape index (κ2) is 6.51. The summed E-state index contributed by atoms with van der Waals surface area (Å²) >= 11 is 0. The highest BCUT2D eigenvalue weighted by molar-refractivity contribution is 5.22. The number of hydrogen-bond donors (Lipinski definition) is 1. The average molecular weight is 371 g/mol. The Morgan fingerprint density at radius 2 is 1.89 bits per heavy atom. The lowest BCUT2D eigenvalue weighted by atomic mass is 9.39. The van der Waals surface area contributed by atoms with Gasteiger partial charge in [-0.25, -0.2) is 0 Å². The van der Waals surface area contributed by atoms with E-state index in [-0.39, 0.29) is 0 Å². The highest BCUT2D eigenvalue weighted by atomic mass is 16.3. The molecule has 3 aliphatic carbocycles. The van der Waals surface area contributed by atoms with Gasteiger partial charge in [-0.15, -0.1) is 0 Å². The number of fused-ring (bicyclic) bond motifs is 3. The maximum absolute atomic E-state index is 10.9. The summed E-state index contributed by atoms with van der Waals surface area (Å²) in [5.41, 5.74) is 3.62. The number of rotatable bonds is 3. The van der Waals surface area contributed by atoms with E-state index in [1.165, 1.54) is 44.1 Å². The fraction of sp³-hybridized carbons (Fsp3) is 0.760. The smallest absolute Gasteiger partial charge is 0.0960 e. The zero-order valence-electron chi connectivity index (χ0n) is 17.9. The molecule has 0 unspecified atom stereocenters. The molecule has 1 N–H and O–H groups in total. The molecule has 0 bridgehead atoms. The van der Waals surface area contributed by atoms with Gasteiger partial charge in [0.15, 0.2) is 0 Å². The van der Waals surface area contributed by atoms with Gasteiger partial charge in [0.1, 0.15) is 0 Å². The summed E-state index contributed by atoms with van der Waals surface area (Å²) < 4.78 is 5.22. The molecule has 4 rings (SSSR count). The third-order valence-electron chi connectivity index (χ3n) is 9.25. The van der Waals surface area contributed by atoms with Crippen molar-refractivity contribution in [1.82, 2.24) is 0 Å². The zero-order chi connectivity index (χ0) is 19.4. The van der Waals surface area contributed by atoms with E-state index in [1.807, 2.05) is 6.07 Å². The summed E-state index contributed by atoms with van der Waals surface area (Å²) in [4.78, 5) is 0. The third kappa shape index (κ3) is 2.94. The van der Waals surface area contributed by atoms with Gasteiger partial charge < -0.3 is 9.52 Å². The largest absolute Gasteiger partial charge is 0.472 e. The Kier molecular flexibility index (Phi) is 4.65. The van der Waals surface area contributed by atoms with Gasteiger partial charge in [0.25, 0.3) is 0 Å². The molecule has 150 valence electrons. The van der Waals surface area contributed by atoms with Crippen LogP contribution in [-0.4, -0.2) is 5.11 Å². The average Bonchev–Trinajstić information content (AvgIpc) is 3.11. The molecule has 1 aromatic heterocycles. The summed E-state index contributed by atoms with van der Waals surface area (Å²) in [5, 5.41) is 10.9.